The van der Waals surface area contributed by atoms with Crippen molar-refractivity contribution in [1.29, 1.82) is 0 Å². The highest BCUT2D eigenvalue weighted by Crippen LogP contribution is 2.45. The van der Waals surface area contributed by atoms with Gasteiger partial charge in [0.25, 0.3) is 0 Å². The van der Waals surface area contributed by atoms with Crippen LogP contribution in [0.25, 0.3) is 11.1 Å². The standard InChI is InChI=1S/C15H14O/c16-15-8-4-3-7-14(15)13-6-2-1-5-12(13)11-9-10-11/h1-8,11,16H,9-10H2. The zero-order valence-corrected chi connectivity index (χ0v) is 9.06. The molecule has 0 aromatic heterocycles. The second-order valence-corrected chi connectivity index (χ2v) is 4.38. The lowest BCUT2D eigenvalue weighted by molar-refractivity contribution is 0.477. The molecule has 1 aliphatic carbocycles. The third-order valence-electron chi connectivity index (χ3n) is 3.17. The molecular weight excluding hydrogens is 196 g/mol. The van der Waals surface area contributed by atoms with Gasteiger partial charge in [-0.05, 0) is 36.0 Å². The van der Waals surface area contributed by atoms with E-state index in [9.17, 15) is 5.11 Å². The first-order valence-corrected chi connectivity index (χ1v) is 5.73. The van der Waals surface area contributed by atoms with Crippen molar-refractivity contribution >= 4 is 0 Å². The molecule has 1 saturated carbocycles. The predicted octanol–water partition coefficient (Wildman–Crippen LogP) is 3.94. The number of phenolic OH excluding ortho intramolecular Hbond substituents is 1. The molecule has 16 heavy (non-hydrogen) atoms. The Morgan fingerprint density at radius 1 is 0.812 bits per heavy atom. The molecule has 1 aliphatic rings. The number of para-hydroxylation sites is 1. The highest BCUT2D eigenvalue weighted by Gasteiger charge is 2.26. The van der Waals surface area contributed by atoms with E-state index in [1.807, 2.05) is 24.3 Å². The summed E-state index contributed by atoms with van der Waals surface area (Å²) >= 11 is 0. The Kier molecular flexibility index (Phi) is 2.17. The van der Waals surface area contributed by atoms with E-state index in [1.165, 1.54) is 24.0 Å². The van der Waals surface area contributed by atoms with Crippen LogP contribution < -0.4 is 0 Å². The molecule has 1 N–H and O–H groups in total. The van der Waals surface area contributed by atoms with Crippen LogP contribution in [0.15, 0.2) is 48.5 Å². The summed E-state index contributed by atoms with van der Waals surface area (Å²) in [5.74, 6) is 1.08. The minimum Gasteiger partial charge on any atom is -0.507 e. The Labute approximate surface area is 95.4 Å². The summed E-state index contributed by atoms with van der Waals surface area (Å²) in [5.41, 5.74) is 3.51. The number of rotatable bonds is 2. The van der Waals surface area contributed by atoms with Crippen LogP contribution in [0.4, 0.5) is 0 Å². The van der Waals surface area contributed by atoms with Crippen molar-refractivity contribution in [3.8, 4) is 16.9 Å². The lowest BCUT2D eigenvalue weighted by Gasteiger charge is -2.10. The third-order valence-corrected chi connectivity index (χ3v) is 3.17. The van der Waals surface area contributed by atoms with E-state index in [0.717, 1.165) is 5.56 Å². The van der Waals surface area contributed by atoms with Crippen molar-refractivity contribution in [1.82, 2.24) is 0 Å². The molecule has 0 saturated heterocycles. The Morgan fingerprint density at radius 2 is 1.44 bits per heavy atom. The van der Waals surface area contributed by atoms with Crippen molar-refractivity contribution in [2.24, 2.45) is 0 Å². The summed E-state index contributed by atoms with van der Waals surface area (Å²) in [6.45, 7) is 0. The first-order chi connectivity index (χ1) is 7.86. The third kappa shape index (κ3) is 1.58. The maximum Gasteiger partial charge on any atom is 0.123 e. The Hall–Kier alpha value is -1.76. The van der Waals surface area contributed by atoms with Gasteiger partial charge in [-0.15, -0.1) is 0 Å². The van der Waals surface area contributed by atoms with Crippen molar-refractivity contribution in [3.05, 3.63) is 54.1 Å². The van der Waals surface area contributed by atoms with E-state index in [2.05, 4.69) is 18.2 Å². The molecule has 2 aromatic rings. The normalized spacial score (nSPS) is 15.0. The average molecular weight is 210 g/mol. The van der Waals surface area contributed by atoms with Gasteiger partial charge in [0.15, 0.2) is 0 Å². The van der Waals surface area contributed by atoms with Crippen molar-refractivity contribution in [2.45, 2.75) is 18.8 Å². The molecule has 1 heteroatoms. The molecule has 0 atom stereocenters. The van der Waals surface area contributed by atoms with Crippen LogP contribution >= 0.6 is 0 Å². The second kappa shape index (κ2) is 3.67. The number of hydrogen-bond donors (Lipinski definition) is 1. The molecule has 0 heterocycles. The number of hydrogen-bond acceptors (Lipinski definition) is 1. The molecule has 0 aliphatic heterocycles. The summed E-state index contributed by atoms with van der Waals surface area (Å²) in [4.78, 5) is 0. The highest BCUT2D eigenvalue weighted by molar-refractivity contribution is 5.73. The molecular formula is C15H14O. The molecule has 0 amide bonds. The minimum absolute atomic E-state index is 0.371. The molecule has 2 aromatic carbocycles. The second-order valence-electron chi connectivity index (χ2n) is 4.38. The summed E-state index contributed by atoms with van der Waals surface area (Å²) < 4.78 is 0. The monoisotopic (exact) mass is 210 g/mol. The molecule has 0 spiro atoms. The van der Waals surface area contributed by atoms with E-state index >= 15 is 0 Å². The Bertz CT molecular complexity index is 512. The lowest BCUT2D eigenvalue weighted by Crippen LogP contribution is -1.86. The van der Waals surface area contributed by atoms with E-state index in [1.54, 1.807) is 6.07 Å². The van der Waals surface area contributed by atoms with E-state index < -0.39 is 0 Å². The van der Waals surface area contributed by atoms with Crippen LogP contribution in [0.2, 0.25) is 0 Å². The van der Waals surface area contributed by atoms with Crippen LogP contribution in [0.5, 0.6) is 5.75 Å². The van der Waals surface area contributed by atoms with Crippen LogP contribution in [0.1, 0.15) is 24.3 Å². The van der Waals surface area contributed by atoms with Crippen molar-refractivity contribution in [3.63, 3.8) is 0 Å². The first kappa shape index (κ1) is 9.46. The topological polar surface area (TPSA) is 20.2 Å². The van der Waals surface area contributed by atoms with Gasteiger partial charge in [0.2, 0.25) is 0 Å². The first-order valence-electron chi connectivity index (χ1n) is 5.73. The zero-order valence-electron chi connectivity index (χ0n) is 9.06. The highest BCUT2D eigenvalue weighted by atomic mass is 16.3. The summed E-state index contributed by atoms with van der Waals surface area (Å²) in [6.07, 6.45) is 2.56. The molecule has 1 nitrogen and oxygen atoms in total. The van der Waals surface area contributed by atoms with Gasteiger partial charge in [0.05, 0.1) is 0 Å². The van der Waals surface area contributed by atoms with Gasteiger partial charge in [-0.25, -0.2) is 0 Å². The quantitative estimate of drug-likeness (QED) is 0.796. The smallest absolute Gasteiger partial charge is 0.123 e. The van der Waals surface area contributed by atoms with Crippen LogP contribution in [-0.4, -0.2) is 5.11 Å². The van der Waals surface area contributed by atoms with E-state index in [4.69, 9.17) is 0 Å². The molecule has 0 bridgehead atoms. The van der Waals surface area contributed by atoms with Crippen LogP contribution in [0, 0.1) is 0 Å². The van der Waals surface area contributed by atoms with Gasteiger partial charge >= 0.3 is 0 Å². The fraction of sp³-hybridized carbons (Fsp3) is 0.200. The SMILES string of the molecule is Oc1ccccc1-c1ccccc1C1CC1. The molecule has 0 radical (unpaired) electrons. The van der Waals surface area contributed by atoms with Gasteiger partial charge in [-0.2, -0.15) is 0 Å². The van der Waals surface area contributed by atoms with E-state index in [0.29, 0.717) is 11.7 Å². The molecule has 3 rings (SSSR count). The van der Waals surface area contributed by atoms with Crippen molar-refractivity contribution < 1.29 is 5.11 Å². The maximum atomic E-state index is 9.89. The molecule has 0 unspecified atom stereocenters. The number of aromatic hydroxyl groups is 1. The Morgan fingerprint density at radius 3 is 2.12 bits per heavy atom. The predicted molar refractivity (Wildman–Crippen MR) is 65.5 cm³/mol. The largest absolute Gasteiger partial charge is 0.507 e. The number of benzene rings is 2. The van der Waals surface area contributed by atoms with Gasteiger partial charge in [0, 0.05) is 5.56 Å². The van der Waals surface area contributed by atoms with Crippen molar-refractivity contribution in [2.75, 3.05) is 0 Å². The fourth-order valence-electron chi connectivity index (χ4n) is 2.19. The summed E-state index contributed by atoms with van der Waals surface area (Å²) in [5, 5.41) is 9.89. The zero-order chi connectivity index (χ0) is 11.0. The van der Waals surface area contributed by atoms with Gasteiger partial charge < -0.3 is 5.11 Å². The minimum atomic E-state index is 0.371. The van der Waals surface area contributed by atoms with Gasteiger partial charge in [0.1, 0.15) is 5.75 Å². The molecule has 80 valence electrons. The number of phenols is 1. The average Bonchev–Trinajstić information content (AvgIpc) is 3.14. The molecule has 1 fully saturated rings. The van der Waals surface area contributed by atoms with Gasteiger partial charge in [-0.3, -0.25) is 0 Å². The lowest BCUT2D eigenvalue weighted by atomic mass is 9.96. The maximum absolute atomic E-state index is 9.89. The summed E-state index contributed by atoms with van der Waals surface area (Å²) in [7, 11) is 0. The fourth-order valence-corrected chi connectivity index (χ4v) is 2.19. The van der Waals surface area contributed by atoms with Gasteiger partial charge in [-0.1, -0.05) is 42.5 Å². The van der Waals surface area contributed by atoms with Crippen LogP contribution in [0.3, 0.4) is 0 Å². The van der Waals surface area contributed by atoms with E-state index in [-0.39, 0.29) is 0 Å². The Balaban J connectivity index is 2.15. The van der Waals surface area contributed by atoms with Crippen LogP contribution in [-0.2, 0) is 0 Å². The summed E-state index contributed by atoms with van der Waals surface area (Å²) in [6, 6.07) is 16.0.